The molecule has 0 aliphatic heterocycles. The summed E-state index contributed by atoms with van der Waals surface area (Å²) in [6, 6.07) is 0. The molecule has 0 saturated carbocycles. The summed E-state index contributed by atoms with van der Waals surface area (Å²) in [4.78, 5) is 18.2. The van der Waals surface area contributed by atoms with E-state index in [1.807, 2.05) is 0 Å². The predicted molar refractivity (Wildman–Crippen MR) is 16.4 cm³/mol. The monoisotopic (exact) mass is 91.0 g/mol. The summed E-state index contributed by atoms with van der Waals surface area (Å²) in [7, 11) is 0. The zero-order valence-electron chi connectivity index (χ0n) is 3.71. The maximum atomic E-state index is 9.10. The fraction of sp³-hybridized carbons (Fsp3) is 0. The second kappa shape index (κ2) is 1.40. The minimum absolute atomic E-state index is 0. The lowest BCUT2D eigenvalue weighted by Gasteiger charge is -1.72. The molecule has 0 aromatic heterocycles. The van der Waals surface area contributed by atoms with Gasteiger partial charge in [-0.3, -0.25) is 0 Å². The maximum Gasteiger partial charge on any atom is 0.414 e. The number of aliphatic carboxylic acids is 2. The average molecular weight is 91.0 g/mol. The van der Waals surface area contributed by atoms with Gasteiger partial charge in [-0.05, 0) is 0 Å². The van der Waals surface area contributed by atoms with E-state index >= 15 is 0 Å². The van der Waals surface area contributed by atoms with Crippen molar-refractivity contribution in [3.05, 3.63) is 0 Å². The Morgan fingerprint density at radius 2 is 1.33 bits per heavy atom. The number of carbonyl (C=O) groups is 2. The van der Waals surface area contributed by atoms with E-state index in [0.29, 0.717) is 0 Å². The number of hydrogen-bond acceptors (Lipinski definition) is 2. The minimum atomic E-state index is -1.82. The molecule has 4 nitrogen and oxygen atoms in total. The fourth-order valence-corrected chi connectivity index (χ4v) is 0. The molecule has 6 heavy (non-hydrogen) atoms. The van der Waals surface area contributed by atoms with Crippen LogP contribution in [0, 0.1) is 0 Å². The van der Waals surface area contributed by atoms with Crippen molar-refractivity contribution in [1.82, 2.24) is 0 Å². The first-order valence-electron chi connectivity index (χ1n) is 1.11. The minimum Gasteiger partial charge on any atom is -0.473 e. The van der Waals surface area contributed by atoms with E-state index in [-0.39, 0.29) is 1.43 Å². The maximum absolute atomic E-state index is 9.10. The SMILES string of the molecule is O=C(O)C(=O)O.[H]. The zero-order valence-corrected chi connectivity index (χ0v) is 2.71. The summed E-state index contributed by atoms with van der Waals surface area (Å²) in [6.07, 6.45) is 0. The smallest absolute Gasteiger partial charge is 0.414 e. The molecule has 0 unspecified atom stereocenters. The van der Waals surface area contributed by atoms with Crippen LogP contribution in [-0.4, -0.2) is 22.2 Å². The van der Waals surface area contributed by atoms with E-state index < -0.39 is 11.9 Å². The molecule has 0 atom stereocenters. The average Bonchev–Trinajstić information content (AvgIpc) is 1.36. The quantitative estimate of drug-likeness (QED) is 0.385. The Morgan fingerprint density at radius 3 is 1.33 bits per heavy atom. The van der Waals surface area contributed by atoms with E-state index in [4.69, 9.17) is 19.8 Å². The van der Waals surface area contributed by atoms with Crippen molar-refractivity contribution in [3.8, 4) is 0 Å². The summed E-state index contributed by atoms with van der Waals surface area (Å²) >= 11 is 0. The van der Waals surface area contributed by atoms with Crippen LogP contribution in [0.3, 0.4) is 0 Å². The van der Waals surface area contributed by atoms with Crippen molar-refractivity contribution in [2.24, 2.45) is 0 Å². The van der Waals surface area contributed by atoms with Crippen LogP contribution >= 0.6 is 0 Å². The van der Waals surface area contributed by atoms with Gasteiger partial charge in [0, 0.05) is 1.43 Å². The van der Waals surface area contributed by atoms with Crippen molar-refractivity contribution in [2.75, 3.05) is 0 Å². The molecule has 0 spiro atoms. The number of carboxylic acid groups (broad SMARTS) is 2. The van der Waals surface area contributed by atoms with Crippen molar-refractivity contribution in [3.63, 3.8) is 0 Å². The van der Waals surface area contributed by atoms with Gasteiger partial charge in [0.25, 0.3) is 0 Å². The molecule has 0 rings (SSSR count). The highest BCUT2D eigenvalue weighted by atomic mass is 16.4. The lowest BCUT2D eigenvalue weighted by Crippen LogP contribution is -2.09. The fourth-order valence-electron chi connectivity index (χ4n) is 0. The zero-order chi connectivity index (χ0) is 5.15. The van der Waals surface area contributed by atoms with Crippen LogP contribution in [0.15, 0.2) is 0 Å². The first-order valence-corrected chi connectivity index (χ1v) is 1.11. The molecule has 0 heterocycles. The molecular formula is C2H3O4. The molecule has 0 aromatic carbocycles. The Balaban J connectivity index is 0. The first-order chi connectivity index (χ1) is 2.64. The summed E-state index contributed by atoms with van der Waals surface area (Å²) in [5.41, 5.74) is 0. The van der Waals surface area contributed by atoms with Crippen LogP contribution in [0.4, 0.5) is 0 Å². The second-order valence-electron chi connectivity index (χ2n) is 0.610. The van der Waals surface area contributed by atoms with Crippen LogP contribution in [0.25, 0.3) is 0 Å². The van der Waals surface area contributed by atoms with Crippen molar-refractivity contribution >= 4 is 11.9 Å². The Morgan fingerprint density at radius 1 is 1.17 bits per heavy atom. The van der Waals surface area contributed by atoms with Gasteiger partial charge in [-0.1, -0.05) is 0 Å². The third kappa shape index (κ3) is 1.28. The molecule has 0 aliphatic rings. The Bertz CT molecular complexity index is 75.7. The molecule has 0 fully saturated rings. The van der Waals surface area contributed by atoms with Gasteiger partial charge in [0.15, 0.2) is 0 Å². The largest absolute Gasteiger partial charge is 0.473 e. The van der Waals surface area contributed by atoms with Crippen LogP contribution in [0.1, 0.15) is 1.43 Å². The van der Waals surface area contributed by atoms with Gasteiger partial charge >= 0.3 is 11.9 Å². The summed E-state index contributed by atoms with van der Waals surface area (Å²) in [6.45, 7) is 0. The van der Waals surface area contributed by atoms with Gasteiger partial charge in [0.05, 0.1) is 0 Å². The molecule has 0 amide bonds. The highest BCUT2D eigenvalue weighted by Gasteiger charge is 2.04. The van der Waals surface area contributed by atoms with Crippen molar-refractivity contribution in [2.45, 2.75) is 0 Å². The lowest BCUT2D eigenvalue weighted by atomic mass is 10.7. The van der Waals surface area contributed by atoms with E-state index in [1.54, 1.807) is 0 Å². The molecule has 0 saturated heterocycles. The molecular weight excluding hydrogens is 88.0 g/mol. The Kier molecular flexibility index (Phi) is 1.15. The van der Waals surface area contributed by atoms with E-state index in [2.05, 4.69) is 0 Å². The molecule has 4 heteroatoms. The van der Waals surface area contributed by atoms with Gasteiger partial charge in [0.2, 0.25) is 0 Å². The Hall–Kier alpha value is -1.06. The van der Waals surface area contributed by atoms with Gasteiger partial charge in [-0.25, -0.2) is 9.59 Å². The van der Waals surface area contributed by atoms with Crippen LogP contribution in [-0.2, 0) is 9.59 Å². The van der Waals surface area contributed by atoms with E-state index in [0.717, 1.165) is 0 Å². The predicted octanol–water partition coefficient (Wildman–Crippen LogP) is -0.732. The molecule has 35 valence electrons. The van der Waals surface area contributed by atoms with Crippen LogP contribution in [0.2, 0.25) is 0 Å². The van der Waals surface area contributed by atoms with Crippen LogP contribution in [0.5, 0.6) is 0 Å². The third-order valence-electron chi connectivity index (χ3n) is 0.183. The summed E-state index contributed by atoms with van der Waals surface area (Å²) < 4.78 is 0. The summed E-state index contributed by atoms with van der Waals surface area (Å²) in [5, 5.41) is 14.8. The van der Waals surface area contributed by atoms with E-state index in [1.165, 1.54) is 0 Å². The van der Waals surface area contributed by atoms with E-state index in [9.17, 15) is 0 Å². The molecule has 1 radical (unpaired) electrons. The topological polar surface area (TPSA) is 74.6 Å². The molecule has 0 aromatic rings. The standard InChI is InChI=1S/C2H2O4.H/c3-1(4)2(5)6;/h(H,3,4)(H,5,6);. The Labute approximate surface area is 34.5 Å². The normalized spacial score (nSPS) is 7.33. The van der Waals surface area contributed by atoms with Gasteiger partial charge in [-0.15, -0.1) is 0 Å². The van der Waals surface area contributed by atoms with Crippen LogP contribution < -0.4 is 0 Å². The number of rotatable bonds is 0. The molecule has 2 N–H and O–H groups in total. The molecule has 0 aliphatic carbocycles. The van der Waals surface area contributed by atoms with Gasteiger partial charge in [-0.2, -0.15) is 0 Å². The summed E-state index contributed by atoms with van der Waals surface area (Å²) in [5.74, 6) is -3.65. The number of carboxylic acids is 2. The second-order valence-corrected chi connectivity index (χ2v) is 0.610. The molecule has 0 bridgehead atoms. The van der Waals surface area contributed by atoms with Crippen molar-refractivity contribution in [1.29, 1.82) is 0 Å². The van der Waals surface area contributed by atoms with Crippen molar-refractivity contribution < 1.29 is 21.2 Å². The van der Waals surface area contributed by atoms with Gasteiger partial charge < -0.3 is 10.2 Å². The lowest BCUT2D eigenvalue weighted by molar-refractivity contribution is -0.159. The highest BCUT2D eigenvalue weighted by Crippen LogP contribution is 1.56. The number of hydrogen-bond donors (Lipinski definition) is 2. The highest BCUT2D eigenvalue weighted by molar-refractivity contribution is 6.27. The first kappa shape index (κ1) is 4.94. The van der Waals surface area contributed by atoms with Gasteiger partial charge in [0.1, 0.15) is 0 Å². The third-order valence-corrected chi connectivity index (χ3v) is 0.183.